The number of hydrogen-bond acceptors (Lipinski definition) is 5. The molecule has 152 valence electrons. The molecule has 0 saturated carbocycles. The van der Waals surface area contributed by atoms with Gasteiger partial charge in [-0.05, 0) is 46.7 Å². The minimum Gasteiger partial charge on any atom is -0.484 e. The third-order valence-corrected chi connectivity index (χ3v) is 6.02. The highest BCUT2D eigenvalue weighted by Gasteiger charge is 2.21. The number of pyridine rings is 1. The third kappa shape index (κ3) is 4.25. The Morgan fingerprint density at radius 3 is 2.61 bits per heavy atom. The summed E-state index contributed by atoms with van der Waals surface area (Å²) in [4.78, 5) is 23.7. The number of anilines is 1. The molecule has 5 nitrogen and oxygen atoms in total. The van der Waals surface area contributed by atoms with Crippen molar-refractivity contribution in [1.29, 1.82) is 0 Å². The van der Waals surface area contributed by atoms with Gasteiger partial charge in [0.15, 0.2) is 11.7 Å². The molecule has 5 rings (SSSR count). The number of fused-ring (bicyclic) bond motifs is 2. The Bertz CT molecular complexity index is 1320. The first-order chi connectivity index (χ1) is 15.3. The molecule has 0 aliphatic rings. The van der Waals surface area contributed by atoms with Gasteiger partial charge >= 0.3 is 0 Å². The van der Waals surface area contributed by atoms with Crippen LogP contribution in [-0.2, 0) is 11.3 Å². The molecule has 0 saturated heterocycles. The predicted octanol–water partition coefficient (Wildman–Crippen LogP) is 5.46. The third-order valence-electron chi connectivity index (χ3n) is 4.96. The minimum atomic E-state index is -0.156. The fourth-order valence-electron chi connectivity index (χ4n) is 3.39. The molecule has 0 atom stereocenters. The van der Waals surface area contributed by atoms with Crippen LogP contribution in [0.1, 0.15) is 5.56 Å². The van der Waals surface area contributed by atoms with Crippen LogP contribution in [0, 0.1) is 0 Å². The lowest BCUT2D eigenvalue weighted by Gasteiger charge is -2.20. The fourth-order valence-corrected chi connectivity index (χ4v) is 4.37. The summed E-state index contributed by atoms with van der Waals surface area (Å²) in [7, 11) is 0. The molecule has 31 heavy (non-hydrogen) atoms. The van der Waals surface area contributed by atoms with Crippen LogP contribution < -0.4 is 9.64 Å². The lowest BCUT2D eigenvalue weighted by atomic mass is 10.1. The largest absolute Gasteiger partial charge is 0.484 e. The molecule has 0 N–H and O–H groups in total. The molecule has 0 bridgehead atoms. The van der Waals surface area contributed by atoms with Gasteiger partial charge in [-0.2, -0.15) is 0 Å². The van der Waals surface area contributed by atoms with E-state index in [4.69, 9.17) is 4.74 Å². The summed E-state index contributed by atoms with van der Waals surface area (Å²) in [5.74, 6) is 0.508. The molecule has 6 heteroatoms. The van der Waals surface area contributed by atoms with Gasteiger partial charge in [0.2, 0.25) is 0 Å². The fraction of sp³-hybridized carbons (Fsp3) is 0.0800. The van der Waals surface area contributed by atoms with E-state index in [0.717, 1.165) is 26.6 Å². The monoisotopic (exact) mass is 425 g/mol. The van der Waals surface area contributed by atoms with E-state index in [0.29, 0.717) is 17.4 Å². The number of para-hydroxylation sites is 1. The SMILES string of the molecule is O=C(COc1ccc2ccccc2c1)N(Cc1cccnc1)c1nc2ccccc2s1. The first-order valence-electron chi connectivity index (χ1n) is 9.93. The van der Waals surface area contributed by atoms with Gasteiger partial charge in [0, 0.05) is 12.4 Å². The first kappa shape index (κ1) is 19.2. The molecule has 0 aliphatic heterocycles. The topological polar surface area (TPSA) is 55.3 Å². The number of hydrogen-bond donors (Lipinski definition) is 0. The number of amides is 1. The van der Waals surface area contributed by atoms with E-state index >= 15 is 0 Å². The number of ether oxygens (including phenoxy) is 1. The lowest BCUT2D eigenvalue weighted by Crippen LogP contribution is -2.34. The zero-order valence-corrected chi connectivity index (χ0v) is 17.5. The second kappa shape index (κ2) is 8.53. The maximum atomic E-state index is 13.2. The zero-order valence-electron chi connectivity index (χ0n) is 16.6. The molecule has 0 fully saturated rings. The van der Waals surface area contributed by atoms with Crippen molar-refractivity contribution in [2.45, 2.75) is 6.54 Å². The number of carbonyl (C=O) groups is 1. The van der Waals surface area contributed by atoms with E-state index in [9.17, 15) is 4.79 Å². The van der Waals surface area contributed by atoms with Crippen LogP contribution in [0.25, 0.3) is 21.0 Å². The van der Waals surface area contributed by atoms with Gasteiger partial charge in [-0.1, -0.05) is 59.9 Å². The molecular weight excluding hydrogens is 406 g/mol. The van der Waals surface area contributed by atoms with Gasteiger partial charge in [0.05, 0.1) is 16.8 Å². The Balaban J connectivity index is 1.39. The molecular formula is C25H19N3O2S. The van der Waals surface area contributed by atoms with Crippen molar-refractivity contribution in [3.05, 3.63) is 96.8 Å². The van der Waals surface area contributed by atoms with Crippen molar-refractivity contribution < 1.29 is 9.53 Å². The standard InChI is InChI=1S/C25H19N3O2S/c29-24(17-30-21-12-11-19-7-1-2-8-20(19)14-21)28(16-18-6-5-13-26-15-18)25-27-22-9-3-4-10-23(22)31-25/h1-15H,16-17H2. The first-order valence-corrected chi connectivity index (χ1v) is 10.7. The van der Waals surface area contributed by atoms with E-state index in [1.807, 2.05) is 78.9 Å². The predicted molar refractivity (Wildman–Crippen MR) is 124 cm³/mol. The van der Waals surface area contributed by atoms with Gasteiger partial charge in [-0.25, -0.2) is 4.98 Å². The maximum Gasteiger partial charge on any atom is 0.267 e. The number of nitrogens with zero attached hydrogens (tertiary/aromatic N) is 3. The van der Waals surface area contributed by atoms with Crippen molar-refractivity contribution in [3.63, 3.8) is 0 Å². The van der Waals surface area contributed by atoms with Gasteiger partial charge in [-0.15, -0.1) is 0 Å². The van der Waals surface area contributed by atoms with Crippen molar-refractivity contribution in [1.82, 2.24) is 9.97 Å². The number of carbonyl (C=O) groups excluding carboxylic acids is 1. The van der Waals surface area contributed by atoms with E-state index in [1.165, 1.54) is 11.3 Å². The Morgan fingerprint density at radius 2 is 1.77 bits per heavy atom. The number of benzene rings is 3. The highest BCUT2D eigenvalue weighted by molar-refractivity contribution is 7.22. The summed E-state index contributed by atoms with van der Waals surface area (Å²) < 4.78 is 6.90. The van der Waals surface area contributed by atoms with Gasteiger partial charge in [-0.3, -0.25) is 14.7 Å². The molecule has 0 radical (unpaired) electrons. The molecule has 0 unspecified atom stereocenters. The van der Waals surface area contributed by atoms with Gasteiger partial charge in [0.25, 0.3) is 5.91 Å². The molecule has 0 aliphatic carbocycles. The zero-order chi connectivity index (χ0) is 21.0. The van der Waals surface area contributed by atoms with Gasteiger partial charge in [0.1, 0.15) is 5.75 Å². The van der Waals surface area contributed by atoms with Crippen LogP contribution in [0.2, 0.25) is 0 Å². The molecule has 2 heterocycles. The Morgan fingerprint density at radius 1 is 0.935 bits per heavy atom. The summed E-state index contributed by atoms with van der Waals surface area (Å²) >= 11 is 1.49. The molecule has 2 aromatic heterocycles. The van der Waals surface area contributed by atoms with Crippen molar-refractivity contribution in [2.75, 3.05) is 11.5 Å². The summed E-state index contributed by atoms with van der Waals surface area (Å²) in [5.41, 5.74) is 1.81. The van der Waals surface area contributed by atoms with Crippen molar-refractivity contribution in [2.24, 2.45) is 0 Å². The van der Waals surface area contributed by atoms with E-state index in [2.05, 4.69) is 9.97 Å². The molecule has 1 amide bonds. The quantitative estimate of drug-likeness (QED) is 0.363. The molecule has 3 aromatic carbocycles. The van der Waals surface area contributed by atoms with Crippen LogP contribution in [0.5, 0.6) is 5.75 Å². The number of aromatic nitrogens is 2. The average molecular weight is 426 g/mol. The second-order valence-corrected chi connectivity index (χ2v) is 8.11. The summed E-state index contributed by atoms with van der Waals surface area (Å²) in [6.45, 7) is 0.308. The highest BCUT2D eigenvalue weighted by Crippen LogP contribution is 2.30. The van der Waals surface area contributed by atoms with E-state index < -0.39 is 0 Å². The van der Waals surface area contributed by atoms with Crippen LogP contribution in [0.3, 0.4) is 0 Å². The smallest absolute Gasteiger partial charge is 0.267 e. The summed E-state index contributed by atoms with van der Waals surface area (Å²) in [6.07, 6.45) is 3.48. The molecule has 0 spiro atoms. The van der Waals surface area contributed by atoms with Crippen LogP contribution in [-0.4, -0.2) is 22.5 Å². The normalized spacial score (nSPS) is 11.0. The number of thiazole rings is 1. The van der Waals surface area contributed by atoms with Crippen LogP contribution in [0.4, 0.5) is 5.13 Å². The Labute approximate surface area is 183 Å². The summed E-state index contributed by atoms with van der Waals surface area (Å²) in [6, 6.07) is 25.6. The Kier molecular flexibility index (Phi) is 5.29. The Hall–Kier alpha value is -3.77. The number of rotatable bonds is 6. The lowest BCUT2D eigenvalue weighted by molar-refractivity contribution is -0.120. The summed E-state index contributed by atoms with van der Waals surface area (Å²) in [5, 5.41) is 2.86. The van der Waals surface area contributed by atoms with Crippen LogP contribution in [0.15, 0.2) is 91.3 Å². The van der Waals surface area contributed by atoms with Gasteiger partial charge < -0.3 is 4.74 Å². The molecule has 5 aromatic rings. The second-order valence-electron chi connectivity index (χ2n) is 7.10. The van der Waals surface area contributed by atoms with E-state index in [1.54, 1.807) is 17.3 Å². The minimum absolute atomic E-state index is 0.0749. The van der Waals surface area contributed by atoms with Crippen molar-refractivity contribution >= 4 is 43.4 Å². The van der Waals surface area contributed by atoms with E-state index in [-0.39, 0.29) is 12.5 Å². The van der Waals surface area contributed by atoms with Crippen molar-refractivity contribution in [3.8, 4) is 5.75 Å². The highest BCUT2D eigenvalue weighted by atomic mass is 32.1. The maximum absolute atomic E-state index is 13.2. The average Bonchev–Trinajstić information content (AvgIpc) is 3.25. The van der Waals surface area contributed by atoms with Crippen LogP contribution >= 0.6 is 11.3 Å².